The Morgan fingerprint density at radius 2 is 2.42 bits per heavy atom. The second kappa shape index (κ2) is 7.75. The van der Waals surface area contributed by atoms with Crippen molar-refractivity contribution in [1.29, 1.82) is 0 Å². The third-order valence-corrected chi connectivity index (χ3v) is 5.64. The van der Waals surface area contributed by atoms with Crippen molar-refractivity contribution >= 4 is 29.1 Å². The molecule has 1 atom stereocenters. The summed E-state index contributed by atoms with van der Waals surface area (Å²) in [6.45, 7) is 3.91. The summed E-state index contributed by atoms with van der Waals surface area (Å²) in [6.07, 6.45) is 5.69. The molecule has 19 heavy (non-hydrogen) atoms. The molecule has 2 heterocycles. The normalized spacial score (nSPS) is 19.7. The molecule has 1 fully saturated rings. The van der Waals surface area contributed by atoms with Crippen LogP contribution in [0.15, 0.2) is 11.2 Å². The molecule has 0 spiro atoms. The van der Waals surface area contributed by atoms with Crippen molar-refractivity contribution in [2.75, 3.05) is 19.3 Å². The van der Waals surface area contributed by atoms with Crippen LogP contribution in [0.4, 0.5) is 0 Å². The number of aryl methyl sites for hydroxylation is 1. The van der Waals surface area contributed by atoms with Crippen LogP contribution < -0.4 is 10.6 Å². The maximum Gasteiger partial charge on any atom is 0.191 e. The van der Waals surface area contributed by atoms with Crippen LogP contribution in [0.2, 0.25) is 0 Å². The number of rotatable bonds is 5. The Hall–Kier alpha value is -0.750. The second-order valence-electron chi connectivity index (χ2n) is 4.52. The molecule has 0 amide bonds. The SMILES string of the molecule is CCc1cnc(CNC(=NC)NCC2CCCS2)s1. The fraction of sp³-hybridized carbons (Fsp3) is 0.692. The van der Waals surface area contributed by atoms with Gasteiger partial charge in [-0.3, -0.25) is 4.99 Å². The molecule has 1 aliphatic rings. The van der Waals surface area contributed by atoms with E-state index < -0.39 is 0 Å². The van der Waals surface area contributed by atoms with E-state index in [1.54, 1.807) is 11.3 Å². The highest BCUT2D eigenvalue weighted by Gasteiger charge is 2.15. The van der Waals surface area contributed by atoms with Gasteiger partial charge in [0.1, 0.15) is 5.01 Å². The Balaban J connectivity index is 1.72. The Morgan fingerprint density at radius 3 is 3.05 bits per heavy atom. The zero-order chi connectivity index (χ0) is 13.5. The Labute approximate surface area is 123 Å². The molecule has 6 heteroatoms. The summed E-state index contributed by atoms with van der Waals surface area (Å²) < 4.78 is 0. The van der Waals surface area contributed by atoms with Gasteiger partial charge in [-0.1, -0.05) is 6.92 Å². The molecule has 106 valence electrons. The minimum atomic E-state index is 0.741. The van der Waals surface area contributed by atoms with Crippen LogP contribution in [0.1, 0.15) is 29.7 Å². The first-order valence-electron chi connectivity index (χ1n) is 6.81. The van der Waals surface area contributed by atoms with E-state index >= 15 is 0 Å². The lowest BCUT2D eigenvalue weighted by Crippen LogP contribution is -2.39. The molecule has 4 nitrogen and oxygen atoms in total. The number of thioether (sulfide) groups is 1. The molecular formula is C13H22N4S2. The van der Waals surface area contributed by atoms with Crippen LogP contribution in [0.3, 0.4) is 0 Å². The summed E-state index contributed by atoms with van der Waals surface area (Å²) in [6, 6.07) is 0. The highest BCUT2D eigenvalue weighted by Crippen LogP contribution is 2.25. The molecule has 1 saturated heterocycles. The van der Waals surface area contributed by atoms with Crippen molar-refractivity contribution in [2.24, 2.45) is 4.99 Å². The second-order valence-corrected chi connectivity index (χ2v) is 7.12. The molecule has 1 aromatic rings. The standard InChI is InChI=1S/C13H22N4S2/c1-3-10-7-15-12(19-10)9-17-13(14-2)16-8-11-5-4-6-18-11/h7,11H,3-6,8-9H2,1-2H3,(H2,14,16,17). The summed E-state index contributed by atoms with van der Waals surface area (Å²) in [5.74, 6) is 2.18. The number of aromatic nitrogens is 1. The highest BCUT2D eigenvalue weighted by atomic mass is 32.2. The predicted octanol–water partition coefficient (Wildman–Crippen LogP) is 2.27. The van der Waals surface area contributed by atoms with Crippen LogP contribution in [0.5, 0.6) is 0 Å². The summed E-state index contributed by atoms with van der Waals surface area (Å²) in [7, 11) is 1.82. The number of hydrogen-bond acceptors (Lipinski definition) is 4. The topological polar surface area (TPSA) is 49.3 Å². The van der Waals surface area contributed by atoms with Crippen LogP contribution in [-0.4, -0.2) is 35.5 Å². The Kier molecular flexibility index (Phi) is 5.97. The van der Waals surface area contributed by atoms with Crippen molar-refractivity contribution < 1.29 is 0 Å². The van der Waals surface area contributed by atoms with E-state index in [-0.39, 0.29) is 0 Å². The minimum absolute atomic E-state index is 0.741. The van der Waals surface area contributed by atoms with Crippen molar-refractivity contribution in [2.45, 2.75) is 38.0 Å². The summed E-state index contributed by atoms with van der Waals surface area (Å²) >= 11 is 3.83. The molecular weight excluding hydrogens is 276 g/mol. The molecule has 2 N–H and O–H groups in total. The van der Waals surface area contributed by atoms with Gasteiger partial charge in [0.15, 0.2) is 5.96 Å². The third-order valence-electron chi connectivity index (χ3n) is 3.10. The zero-order valence-corrected chi connectivity index (χ0v) is 13.2. The predicted molar refractivity (Wildman–Crippen MR) is 85.2 cm³/mol. The first-order valence-corrected chi connectivity index (χ1v) is 8.68. The summed E-state index contributed by atoms with van der Waals surface area (Å²) in [4.78, 5) is 9.99. The summed E-state index contributed by atoms with van der Waals surface area (Å²) in [5, 5.41) is 8.58. The van der Waals surface area contributed by atoms with E-state index in [2.05, 4.69) is 39.3 Å². The van der Waals surface area contributed by atoms with Gasteiger partial charge in [0, 0.05) is 29.9 Å². The lowest BCUT2D eigenvalue weighted by atomic mass is 10.2. The number of hydrogen-bond donors (Lipinski definition) is 2. The first-order chi connectivity index (χ1) is 9.31. The van der Waals surface area contributed by atoms with Gasteiger partial charge in [-0.2, -0.15) is 11.8 Å². The molecule has 0 aliphatic carbocycles. The van der Waals surface area contributed by atoms with Gasteiger partial charge in [0.25, 0.3) is 0 Å². The first kappa shape index (κ1) is 14.7. The Bertz CT molecular complexity index is 411. The van der Waals surface area contributed by atoms with E-state index in [4.69, 9.17) is 0 Å². The van der Waals surface area contributed by atoms with Gasteiger partial charge in [-0.05, 0) is 25.0 Å². The monoisotopic (exact) mass is 298 g/mol. The smallest absolute Gasteiger partial charge is 0.191 e. The van der Waals surface area contributed by atoms with Gasteiger partial charge in [0.05, 0.1) is 6.54 Å². The molecule has 0 saturated carbocycles. The van der Waals surface area contributed by atoms with Crippen LogP contribution >= 0.6 is 23.1 Å². The van der Waals surface area contributed by atoms with Crippen molar-refractivity contribution in [3.63, 3.8) is 0 Å². The van der Waals surface area contributed by atoms with Crippen LogP contribution in [0.25, 0.3) is 0 Å². The average molecular weight is 298 g/mol. The van der Waals surface area contributed by atoms with E-state index in [1.165, 1.54) is 23.5 Å². The number of nitrogens with one attached hydrogen (secondary N) is 2. The molecule has 0 bridgehead atoms. The zero-order valence-electron chi connectivity index (χ0n) is 11.6. The van der Waals surface area contributed by atoms with Crippen molar-refractivity contribution in [3.05, 3.63) is 16.1 Å². The molecule has 0 aromatic carbocycles. The van der Waals surface area contributed by atoms with E-state index in [1.807, 2.05) is 13.2 Å². The highest BCUT2D eigenvalue weighted by molar-refractivity contribution is 8.00. The van der Waals surface area contributed by atoms with Gasteiger partial charge < -0.3 is 10.6 Å². The lowest BCUT2D eigenvalue weighted by Gasteiger charge is -2.14. The Morgan fingerprint density at radius 1 is 1.53 bits per heavy atom. The lowest BCUT2D eigenvalue weighted by molar-refractivity contribution is 0.725. The average Bonchev–Trinajstić information content (AvgIpc) is 3.10. The molecule has 2 rings (SSSR count). The number of nitrogens with zero attached hydrogens (tertiary/aromatic N) is 2. The van der Waals surface area contributed by atoms with Crippen molar-refractivity contribution in [3.8, 4) is 0 Å². The number of aliphatic imine (C=N–C) groups is 1. The third kappa shape index (κ3) is 4.69. The molecule has 1 unspecified atom stereocenters. The van der Waals surface area contributed by atoms with Gasteiger partial charge in [0.2, 0.25) is 0 Å². The van der Waals surface area contributed by atoms with Gasteiger partial charge >= 0.3 is 0 Å². The van der Waals surface area contributed by atoms with Crippen molar-refractivity contribution in [1.82, 2.24) is 15.6 Å². The maximum atomic E-state index is 4.40. The quantitative estimate of drug-likeness (QED) is 0.647. The number of guanidine groups is 1. The molecule has 1 aliphatic heterocycles. The molecule has 0 radical (unpaired) electrons. The fourth-order valence-corrected chi connectivity index (χ4v) is 3.99. The fourth-order valence-electron chi connectivity index (χ4n) is 1.99. The molecule has 1 aromatic heterocycles. The van der Waals surface area contributed by atoms with Gasteiger partial charge in [-0.25, -0.2) is 4.98 Å². The summed E-state index contributed by atoms with van der Waals surface area (Å²) in [5.41, 5.74) is 0. The minimum Gasteiger partial charge on any atom is -0.355 e. The van der Waals surface area contributed by atoms with Crippen LogP contribution in [0, 0.1) is 0 Å². The van der Waals surface area contributed by atoms with E-state index in [9.17, 15) is 0 Å². The van der Waals surface area contributed by atoms with Crippen LogP contribution in [-0.2, 0) is 13.0 Å². The van der Waals surface area contributed by atoms with E-state index in [0.29, 0.717) is 0 Å². The maximum absolute atomic E-state index is 4.40. The van der Waals surface area contributed by atoms with E-state index in [0.717, 1.165) is 35.7 Å². The van der Waals surface area contributed by atoms with Gasteiger partial charge in [-0.15, -0.1) is 11.3 Å². The largest absolute Gasteiger partial charge is 0.355 e. The number of thiazole rings is 1.